The van der Waals surface area contributed by atoms with E-state index >= 15 is 0 Å². The molecule has 0 saturated carbocycles. The summed E-state index contributed by atoms with van der Waals surface area (Å²) in [5.41, 5.74) is -11.2. The highest BCUT2D eigenvalue weighted by atomic mass is 35.5. The van der Waals surface area contributed by atoms with Gasteiger partial charge < -0.3 is 64.2 Å². The number of benzene rings is 6. The third kappa shape index (κ3) is 21.5. The number of aliphatic hydroxyl groups is 3. The Hall–Kier alpha value is -8.96. The molecular weight excluding hydrogens is 1690 g/mol. The summed E-state index contributed by atoms with van der Waals surface area (Å²) in [6, 6.07) is 26.2. The van der Waals surface area contributed by atoms with Gasteiger partial charge in [0.1, 0.15) is 5.75 Å². The molecular formula is C84H93Cl3F15N9O10. The molecule has 0 spiro atoms. The standard InChI is InChI=1S/C28H30ClF6N3O4.C28H30ClF6N3O3.C28H33ClF3N3O3/c1-36(2)24(39)22-7-6-20(14-23(22)29)37-10-8-17(9-11-37)12-18-15-38(16-18)25(40)26(41,27(30,31)32)19-4-3-5-21(13-19)42-28(33,34)35;1-36(2)24(39)22-7-6-21(14-23(22)29)37-10-8-17(9-11-37)12-18-15-38(16-18)25(40)26(41,28(33,34)35)19-4-3-5-20(13-19)27(30,31)32;1-18-5-4-6-21(13-18)27(38,28(30,31)32)26(37)35-16-20(17-35)14-19-9-11-34(12-10-19)22-7-8-23(24(29)15-22)25(36)33(2)3/h3-7,13-14,17-18,41H,8-12,15-16H2,1-2H3;3-7,13-14,17-18,41H,8-12,15-16H2,1-2H3;4-8,13,15,19-20,38H,9-12,14,16-17H2,1-3H3/t26-;;/m1../s1. The van der Waals surface area contributed by atoms with Crippen LogP contribution in [0.5, 0.6) is 5.75 Å². The number of carbonyl (C=O) groups is 6. The zero-order valence-electron chi connectivity index (χ0n) is 67.0. The van der Waals surface area contributed by atoms with Crippen LogP contribution in [-0.2, 0) is 37.4 Å². The maximum Gasteiger partial charge on any atom is 0.573 e. The van der Waals surface area contributed by atoms with Gasteiger partial charge in [-0.25, -0.2) is 0 Å². The molecule has 6 aliphatic rings. The molecule has 2 unspecified atom stereocenters. The monoisotopic (exact) mass is 1780 g/mol. The number of carbonyl (C=O) groups excluding carboxylic acids is 6. The average Bonchev–Trinajstić information content (AvgIpc) is 0.755. The Morgan fingerprint density at radius 3 is 0.909 bits per heavy atom. The second-order valence-electron chi connectivity index (χ2n) is 32.5. The largest absolute Gasteiger partial charge is 0.573 e. The first-order valence-corrected chi connectivity index (χ1v) is 40.1. The van der Waals surface area contributed by atoms with E-state index in [2.05, 4.69) is 19.4 Å². The lowest BCUT2D eigenvalue weighted by atomic mass is 9.82. The van der Waals surface area contributed by atoms with E-state index < -0.39 is 93.6 Å². The fraction of sp³-hybridized carbons (Fsp3) is 0.500. The lowest BCUT2D eigenvalue weighted by molar-refractivity contribution is -0.275. The van der Waals surface area contributed by atoms with Crippen LogP contribution in [0.3, 0.4) is 0 Å². The molecule has 6 amide bonds. The summed E-state index contributed by atoms with van der Waals surface area (Å²) >= 11 is 19.0. The number of anilines is 3. The van der Waals surface area contributed by atoms with Crippen LogP contribution < -0.4 is 19.4 Å². The number of amides is 6. The SMILES string of the molecule is CN(C)C(=O)c1ccc(N2CCC(CC3CN(C(=O)C(O)(c4cccc(C(F)(F)F)c4)C(F)(F)F)C3)CC2)cc1Cl.CN(C)C(=O)c1ccc(N2CCC(CC3CN(C(=O)[C@](O)(c4cccc(OC(F)(F)F)c4)C(F)(F)F)C3)CC2)cc1Cl.Cc1cccc(C(O)(C(=O)N2CC(CC3CCN(c4ccc(C(=O)N(C)C)c(Cl)c4)CC3)C2)C(F)(F)F)c1. The van der Waals surface area contributed by atoms with E-state index in [4.69, 9.17) is 34.8 Å². The molecule has 0 aromatic heterocycles. The molecule has 6 heterocycles. The van der Waals surface area contributed by atoms with Gasteiger partial charge in [0, 0.05) is 155 Å². The second-order valence-corrected chi connectivity index (χ2v) is 33.7. The Morgan fingerprint density at radius 1 is 0.372 bits per heavy atom. The zero-order valence-corrected chi connectivity index (χ0v) is 69.2. The fourth-order valence-electron chi connectivity index (χ4n) is 16.3. The molecule has 12 rings (SSSR count). The van der Waals surface area contributed by atoms with Gasteiger partial charge in [0.2, 0.25) is 0 Å². The molecule has 660 valence electrons. The Balaban J connectivity index is 0.000000191. The zero-order chi connectivity index (χ0) is 89.2. The van der Waals surface area contributed by atoms with E-state index in [1.54, 1.807) is 85.6 Å². The summed E-state index contributed by atoms with van der Waals surface area (Å²) in [4.78, 5) is 89.0. The number of alkyl halides is 15. The van der Waals surface area contributed by atoms with Crippen molar-refractivity contribution >= 4 is 87.3 Å². The fourth-order valence-corrected chi connectivity index (χ4v) is 17.1. The van der Waals surface area contributed by atoms with E-state index in [1.165, 1.54) is 26.8 Å². The Labute approximate surface area is 704 Å². The lowest BCUT2D eigenvalue weighted by Crippen LogP contribution is -2.61. The van der Waals surface area contributed by atoms with E-state index in [-0.39, 0.29) is 92.6 Å². The van der Waals surface area contributed by atoms with Gasteiger partial charge in [0.15, 0.2) is 0 Å². The van der Waals surface area contributed by atoms with Gasteiger partial charge >= 0.3 is 31.1 Å². The van der Waals surface area contributed by atoms with Gasteiger partial charge in [-0.3, -0.25) is 28.8 Å². The van der Waals surface area contributed by atoms with Crippen LogP contribution >= 0.6 is 34.8 Å². The molecule has 3 N–H and O–H groups in total. The summed E-state index contributed by atoms with van der Waals surface area (Å²) in [6.07, 6.45) is -19.0. The van der Waals surface area contributed by atoms with E-state index in [1.807, 2.05) is 24.3 Å². The van der Waals surface area contributed by atoms with Crippen molar-refractivity contribution in [2.45, 2.75) is 113 Å². The van der Waals surface area contributed by atoms with Gasteiger partial charge in [-0.15, -0.1) is 13.2 Å². The van der Waals surface area contributed by atoms with E-state index in [0.29, 0.717) is 100 Å². The van der Waals surface area contributed by atoms with Crippen molar-refractivity contribution in [1.29, 1.82) is 0 Å². The first-order chi connectivity index (χ1) is 56.3. The van der Waals surface area contributed by atoms with E-state index in [9.17, 15) is 110 Å². The number of halogens is 18. The first-order valence-electron chi connectivity index (χ1n) is 39.0. The highest BCUT2D eigenvalue weighted by Crippen LogP contribution is 2.48. The summed E-state index contributed by atoms with van der Waals surface area (Å²) in [5, 5.41) is 32.9. The average molecular weight is 1780 g/mol. The van der Waals surface area contributed by atoms with Crippen molar-refractivity contribution in [3.8, 4) is 5.75 Å². The molecule has 0 aliphatic carbocycles. The normalized spacial score (nSPS) is 18.5. The number of hydrogen-bond acceptors (Lipinski definition) is 13. The molecule has 6 saturated heterocycles. The third-order valence-corrected chi connectivity index (χ3v) is 24.1. The minimum absolute atomic E-state index is 0.00679. The minimum Gasteiger partial charge on any atom is -0.406 e. The predicted octanol–water partition coefficient (Wildman–Crippen LogP) is 15.9. The van der Waals surface area contributed by atoms with Crippen LogP contribution in [0.1, 0.15) is 117 Å². The van der Waals surface area contributed by atoms with Crippen LogP contribution in [-0.4, -0.2) is 226 Å². The molecule has 6 fully saturated rings. The maximum atomic E-state index is 14.0. The first kappa shape index (κ1) is 94.3. The van der Waals surface area contributed by atoms with Crippen molar-refractivity contribution in [2.75, 3.05) is 136 Å². The quantitative estimate of drug-likeness (QED) is 0.0647. The Kier molecular flexibility index (Phi) is 29.0. The summed E-state index contributed by atoms with van der Waals surface area (Å²) in [7, 11) is 9.91. The number of aryl methyl sites for hydroxylation is 1. The predicted molar refractivity (Wildman–Crippen MR) is 423 cm³/mol. The van der Waals surface area contributed by atoms with Crippen molar-refractivity contribution in [1.82, 2.24) is 29.4 Å². The number of hydrogen-bond donors (Lipinski definition) is 3. The maximum absolute atomic E-state index is 14.0. The molecule has 0 radical (unpaired) electrons. The van der Waals surface area contributed by atoms with Crippen LogP contribution in [0.4, 0.5) is 82.9 Å². The topological polar surface area (TPSA) is 201 Å². The van der Waals surface area contributed by atoms with Gasteiger partial charge in [0.05, 0.1) is 37.3 Å². The molecule has 6 aromatic rings. The smallest absolute Gasteiger partial charge is 0.406 e. The van der Waals surface area contributed by atoms with Crippen LogP contribution in [0.2, 0.25) is 15.1 Å². The van der Waals surface area contributed by atoms with Crippen molar-refractivity contribution in [3.63, 3.8) is 0 Å². The van der Waals surface area contributed by atoms with Gasteiger partial charge in [-0.1, -0.05) is 88.9 Å². The highest BCUT2D eigenvalue weighted by molar-refractivity contribution is 6.35. The molecule has 6 aromatic carbocycles. The summed E-state index contributed by atoms with van der Waals surface area (Å²) in [5.74, 6) is -5.27. The highest BCUT2D eigenvalue weighted by Gasteiger charge is 2.66. The van der Waals surface area contributed by atoms with Gasteiger partial charge in [-0.2, -0.15) is 52.7 Å². The lowest BCUT2D eigenvalue weighted by Gasteiger charge is -2.45. The van der Waals surface area contributed by atoms with Crippen molar-refractivity contribution < 1.29 is 115 Å². The third-order valence-electron chi connectivity index (χ3n) is 23.1. The summed E-state index contributed by atoms with van der Waals surface area (Å²) < 4.78 is 206. The second kappa shape index (κ2) is 37.2. The van der Waals surface area contributed by atoms with Crippen LogP contribution in [0.25, 0.3) is 0 Å². The van der Waals surface area contributed by atoms with Crippen molar-refractivity contribution in [3.05, 3.63) is 187 Å². The molecule has 6 aliphatic heterocycles. The molecule has 3 atom stereocenters. The molecule has 0 bridgehead atoms. The van der Waals surface area contributed by atoms with Crippen LogP contribution in [0.15, 0.2) is 127 Å². The number of likely N-dealkylation sites (tertiary alicyclic amines) is 3. The Bertz CT molecular complexity index is 4710. The molecule has 37 heteroatoms. The Morgan fingerprint density at radius 2 is 0.645 bits per heavy atom. The van der Waals surface area contributed by atoms with E-state index in [0.717, 1.165) is 120 Å². The van der Waals surface area contributed by atoms with Crippen molar-refractivity contribution in [2.24, 2.45) is 35.5 Å². The van der Waals surface area contributed by atoms with Gasteiger partial charge in [-0.05, 0) is 179 Å². The number of nitrogens with zero attached hydrogens (tertiary/aromatic N) is 9. The summed E-state index contributed by atoms with van der Waals surface area (Å²) in [6.45, 7) is 6.43. The minimum atomic E-state index is -5.52. The number of rotatable bonds is 19. The van der Waals surface area contributed by atoms with Crippen LogP contribution in [0, 0.1) is 42.4 Å². The molecule has 121 heavy (non-hydrogen) atoms. The number of piperidine rings is 3. The molecule has 19 nitrogen and oxygen atoms in total. The van der Waals surface area contributed by atoms with Gasteiger partial charge in [0.25, 0.3) is 52.2 Å². The number of ether oxygens (including phenoxy) is 1.